The van der Waals surface area contributed by atoms with Crippen molar-refractivity contribution in [3.8, 4) is 0 Å². The van der Waals surface area contributed by atoms with Crippen molar-refractivity contribution in [3.63, 3.8) is 0 Å². The number of rotatable bonds is 7. The third kappa shape index (κ3) is 6.58. The van der Waals surface area contributed by atoms with E-state index in [2.05, 4.69) is 37.9 Å². The van der Waals surface area contributed by atoms with Crippen molar-refractivity contribution < 1.29 is 9.53 Å². The molecule has 1 heterocycles. The molecule has 0 fully saturated rings. The molecule has 96 valence electrons. The number of esters is 1. The summed E-state index contributed by atoms with van der Waals surface area (Å²) in [5.74, 6) is -0.183. The maximum Gasteiger partial charge on any atom is 0.302 e. The third-order valence-corrected chi connectivity index (χ3v) is 4.84. The Bertz CT molecular complexity index is 363. The first-order chi connectivity index (χ1) is 8.09. The maximum atomic E-state index is 10.5. The number of halogens is 2. The molecular formula is C12H16Br2O2S. The Hall–Kier alpha value is 0.130. The Kier molecular flexibility index (Phi) is 7.39. The zero-order chi connectivity index (χ0) is 12.7. The Balaban J connectivity index is 2.04. The van der Waals surface area contributed by atoms with Crippen LogP contribution in [0.1, 0.15) is 38.2 Å². The smallest absolute Gasteiger partial charge is 0.302 e. The Morgan fingerprint density at radius 3 is 2.59 bits per heavy atom. The lowest BCUT2D eigenvalue weighted by atomic mass is 10.1. The molecule has 0 unspecified atom stereocenters. The molecule has 0 amide bonds. The van der Waals surface area contributed by atoms with Crippen LogP contribution in [0.25, 0.3) is 0 Å². The average molecular weight is 384 g/mol. The first kappa shape index (κ1) is 15.2. The molecule has 0 aliphatic heterocycles. The van der Waals surface area contributed by atoms with Crippen LogP contribution in [-0.2, 0) is 16.0 Å². The number of unbranched alkanes of at least 4 members (excludes halogenated alkanes) is 3. The summed E-state index contributed by atoms with van der Waals surface area (Å²) in [6, 6.07) is 2.17. The molecule has 0 aromatic carbocycles. The summed E-state index contributed by atoms with van der Waals surface area (Å²) in [7, 11) is 0. The Labute approximate surface area is 123 Å². The van der Waals surface area contributed by atoms with Crippen LogP contribution in [0, 0.1) is 0 Å². The van der Waals surface area contributed by atoms with E-state index in [1.807, 2.05) is 0 Å². The van der Waals surface area contributed by atoms with E-state index in [0.29, 0.717) is 6.61 Å². The van der Waals surface area contributed by atoms with Gasteiger partial charge in [0.1, 0.15) is 0 Å². The molecule has 17 heavy (non-hydrogen) atoms. The zero-order valence-corrected chi connectivity index (χ0v) is 13.8. The number of aryl methyl sites for hydroxylation is 1. The molecule has 0 N–H and O–H groups in total. The second kappa shape index (κ2) is 8.27. The van der Waals surface area contributed by atoms with E-state index in [1.54, 1.807) is 11.3 Å². The van der Waals surface area contributed by atoms with Crippen LogP contribution >= 0.6 is 43.2 Å². The van der Waals surface area contributed by atoms with Crippen LogP contribution in [-0.4, -0.2) is 12.6 Å². The van der Waals surface area contributed by atoms with Gasteiger partial charge in [-0.3, -0.25) is 4.79 Å². The quantitative estimate of drug-likeness (QED) is 0.492. The number of carbonyl (C=O) groups is 1. The molecule has 2 nitrogen and oxygen atoms in total. The predicted molar refractivity (Wildman–Crippen MR) is 78.5 cm³/mol. The SMILES string of the molecule is CC(=O)OCCCCCCc1cc(Br)sc1Br. The molecule has 0 aliphatic rings. The fraction of sp³-hybridized carbons (Fsp3) is 0.583. The van der Waals surface area contributed by atoms with Gasteiger partial charge >= 0.3 is 5.97 Å². The van der Waals surface area contributed by atoms with Crippen molar-refractivity contribution in [1.82, 2.24) is 0 Å². The normalized spacial score (nSPS) is 10.5. The molecule has 1 rings (SSSR count). The average Bonchev–Trinajstić information content (AvgIpc) is 2.55. The first-order valence-electron chi connectivity index (χ1n) is 5.66. The molecule has 0 radical (unpaired) electrons. The largest absolute Gasteiger partial charge is 0.466 e. The zero-order valence-electron chi connectivity index (χ0n) is 9.80. The Morgan fingerprint density at radius 2 is 2.00 bits per heavy atom. The fourth-order valence-corrected chi connectivity index (χ4v) is 4.45. The van der Waals surface area contributed by atoms with Crippen molar-refractivity contribution in [2.75, 3.05) is 6.61 Å². The van der Waals surface area contributed by atoms with E-state index in [-0.39, 0.29) is 5.97 Å². The second-order valence-electron chi connectivity index (χ2n) is 3.85. The number of ether oxygens (including phenoxy) is 1. The lowest BCUT2D eigenvalue weighted by molar-refractivity contribution is -0.141. The van der Waals surface area contributed by atoms with Crippen molar-refractivity contribution >= 4 is 49.2 Å². The summed E-state index contributed by atoms with van der Waals surface area (Å²) in [5.41, 5.74) is 1.38. The van der Waals surface area contributed by atoms with Crippen LogP contribution in [0.3, 0.4) is 0 Å². The molecule has 0 aliphatic carbocycles. The topological polar surface area (TPSA) is 26.3 Å². The predicted octanol–water partition coefficient (Wildman–Crippen LogP) is 4.94. The summed E-state index contributed by atoms with van der Waals surface area (Å²) in [5, 5.41) is 0. The van der Waals surface area contributed by atoms with Crippen LogP contribution in [0.2, 0.25) is 0 Å². The van der Waals surface area contributed by atoms with Gasteiger partial charge in [-0.25, -0.2) is 0 Å². The highest BCUT2D eigenvalue weighted by molar-refractivity contribution is 9.12. The van der Waals surface area contributed by atoms with Crippen molar-refractivity contribution in [2.24, 2.45) is 0 Å². The molecule has 0 spiro atoms. The number of thiophene rings is 1. The molecule has 1 aromatic rings. The molecule has 0 saturated heterocycles. The molecular weight excluding hydrogens is 368 g/mol. The lowest BCUT2D eigenvalue weighted by Crippen LogP contribution is -2.00. The van der Waals surface area contributed by atoms with Gasteiger partial charge in [0.15, 0.2) is 0 Å². The molecule has 0 saturated carbocycles. The fourth-order valence-electron chi connectivity index (χ4n) is 1.53. The van der Waals surface area contributed by atoms with Gasteiger partial charge in [0.25, 0.3) is 0 Å². The summed E-state index contributed by atoms with van der Waals surface area (Å²) in [4.78, 5) is 10.5. The van der Waals surface area contributed by atoms with Crippen LogP contribution in [0.5, 0.6) is 0 Å². The van der Waals surface area contributed by atoms with E-state index < -0.39 is 0 Å². The summed E-state index contributed by atoms with van der Waals surface area (Å²) >= 11 is 8.76. The standard InChI is InChI=1S/C12H16Br2O2S/c1-9(15)16-7-5-3-2-4-6-10-8-11(13)17-12(10)14/h8H,2-7H2,1H3. The van der Waals surface area contributed by atoms with E-state index in [9.17, 15) is 4.79 Å². The van der Waals surface area contributed by atoms with Crippen molar-refractivity contribution in [1.29, 1.82) is 0 Å². The van der Waals surface area contributed by atoms with Gasteiger partial charge in [0, 0.05) is 6.92 Å². The molecule has 1 aromatic heterocycles. The highest BCUT2D eigenvalue weighted by Crippen LogP contribution is 2.32. The minimum atomic E-state index is -0.183. The lowest BCUT2D eigenvalue weighted by Gasteiger charge is -2.02. The van der Waals surface area contributed by atoms with Gasteiger partial charge < -0.3 is 4.74 Å². The Morgan fingerprint density at radius 1 is 1.29 bits per heavy atom. The van der Waals surface area contributed by atoms with Gasteiger partial charge in [0.05, 0.1) is 14.2 Å². The van der Waals surface area contributed by atoms with Crippen molar-refractivity contribution in [3.05, 3.63) is 19.2 Å². The van der Waals surface area contributed by atoms with E-state index in [0.717, 1.165) is 19.3 Å². The number of carbonyl (C=O) groups excluding carboxylic acids is 1. The van der Waals surface area contributed by atoms with E-state index in [1.165, 1.54) is 32.9 Å². The maximum absolute atomic E-state index is 10.5. The monoisotopic (exact) mass is 382 g/mol. The summed E-state index contributed by atoms with van der Waals surface area (Å²) < 4.78 is 7.28. The molecule has 0 bridgehead atoms. The van der Waals surface area contributed by atoms with Crippen molar-refractivity contribution in [2.45, 2.75) is 39.0 Å². The second-order valence-corrected chi connectivity index (χ2v) is 7.60. The highest BCUT2D eigenvalue weighted by Gasteiger charge is 2.04. The molecule has 0 atom stereocenters. The highest BCUT2D eigenvalue weighted by atomic mass is 79.9. The van der Waals surface area contributed by atoms with Crippen LogP contribution < -0.4 is 0 Å². The van der Waals surface area contributed by atoms with Gasteiger partial charge in [-0.2, -0.15) is 0 Å². The molecule has 5 heteroatoms. The third-order valence-electron chi connectivity index (χ3n) is 2.37. The number of hydrogen-bond donors (Lipinski definition) is 0. The van der Waals surface area contributed by atoms with Gasteiger partial charge in [-0.15, -0.1) is 11.3 Å². The van der Waals surface area contributed by atoms with Crippen LogP contribution in [0.15, 0.2) is 13.6 Å². The summed E-state index contributed by atoms with van der Waals surface area (Å²) in [6.07, 6.45) is 5.56. The number of hydrogen-bond acceptors (Lipinski definition) is 3. The summed E-state index contributed by atoms with van der Waals surface area (Å²) in [6.45, 7) is 2.01. The van der Waals surface area contributed by atoms with Gasteiger partial charge in [-0.05, 0) is 62.8 Å². The first-order valence-corrected chi connectivity index (χ1v) is 8.07. The van der Waals surface area contributed by atoms with Gasteiger partial charge in [-0.1, -0.05) is 12.8 Å². The minimum Gasteiger partial charge on any atom is -0.466 e. The van der Waals surface area contributed by atoms with Crippen LogP contribution in [0.4, 0.5) is 0 Å². The minimum absolute atomic E-state index is 0.183. The van der Waals surface area contributed by atoms with E-state index in [4.69, 9.17) is 4.74 Å². The van der Waals surface area contributed by atoms with Gasteiger partial charge in [0.2, 0.25) is 0 Å². The van der Waals surface area contributed by atoms with E-state index >= 15 is 0 Å².